The van der Waals surface area contributed by atoms with E-state index in [1.165, 1.54) is 25.2 Å². The van der Waals surface area contributed by atoms with Crippen molar-refractivity contribution < 1.29 is 27.5 Å². The standard InChI is InChI=1S/C31H39N3O6S/c1-6-17-32-31(36)27(19-24-12-8-7-9-13-24)33(21-25-14-10-11-23(2)18-25)30(35)22-34(41(5,37)38)26-15-16-28(39-3)29(20-26)40-4/h7-16,18,20,27H,6,17,19,21-22H2,1-5H3,(H,32,36)/t27-/m1/s1. The van der Waals surface area contributed by atoms with Crippen LogP contribution in [0, 0.1) is 6.92 Å². The Morgan fingerprint density at radius 3 is 2.20 bits per heavy atom. The number of benzene rings is 3. The van der Waals surface area contributed by atoms with Crippen molar-refractivity contribution in [1.29, 1.82) is 0 Å². The van der Waals surface area contributed by atoms with Gasteiger partial charge in [0.2, 0.25) is 21.8 Å². The molecule has 0 heterocycles. The van der Waals surface area contributed by atoms with Crippen molar-refractivity contribution in [2.24, 2.45) is 0 Å². The maximum atomic E-state index is 14.1. The van der Waals surface area contributed by atoms with Crippen LogP contribution < -0.4 is 19.1 Å². The number of ether oxygens (including phenoxy) is 2. The molecule has 9 nitrogen and oxygen atoms in total. The van der Waals surface area contributed by atoms with Crippen molar-refractivity contribution in [3.8, 4) is 11.5 Å². The second-order valence-electron chi connectivity index (χ2n) is 9.82. The molecule has 41 heavy (non-hydrogen) atoms. The molecular formula is C31H39N3O6S. The quantitative estimate of drug-likeness (QED) is 0.309. The largest absolute Gasteiger partial charge is 0.493 e. The van der Waals surface area contributed by atoms with Crippen LogP contribution in [0.4, 0.5) is 5.69 Å². The van der Waals surface area contributed by atoms with E-state index in [-0.39, 0.29) is 24.6 Å². The molecule has 1 N–H and O–H groups in total. The van der Waals surface area contributed by atoms with Gasteiger partial charge in [0.15, 0.2) is 11.5 Å². The molecule has 3 rings (SSSR count). The Labute approximate surface area is 243 Å². The summed E-state index contributed by atoms with van der Waals surface area (Å²) >= 11 is 0. The summed E-state index contributed by atoms with van der Waals surface area (Å²) in [5.41, 5.74) is 2.96. The number of carbonyl (C=O) groups excluding carboxylic acids is 2. The summed E-state index contributed by atoms with van der Waals surface area (Å²) in [6.07, 6.45) is 2.04. The van der Waals surface area contributed by atoms with Crippen LogP contribution in [0.15, 0.2) is 72.8 Å². The van der Waals surface area contributed by atoms with Crippen molar-refractivity contribution in [2.45, 2.75) is 39.3 Å². The van der Waals surface area contributed by atoms with E-state index in [1.54, 1.807) is 12.1 Å². The van der Waals surface area contributed by atoms with Crippen LogP contribution in [0.25, 0.3) is 0 Å². The molecule has 0 aliphatic rings. The number of methoxy groups -OCH3 is 2. The van der Waals surface area contributed by atoms with E-state index in [0.717, 1.165) is 33.7 Å². The van der Waals surface area contributed by atoms with Gasteiger partial charge in [0.05, 0.1) is 26.2 Å². The first-order chi connectivity index (χ1) is 19.6. The van der Waals surface area contributed by atoms with E-state index in [0.29, 0.717) is 18.0 Å². The molecule has 0 spiro atoms. The predicted octanol–water partition coefficient (Wildman–Crippen LogP) is 3.94. The van der Waals surface area contributed by atoms with Crippen LogP contribution in [-0.4, -0.2) is 64.7 Å². The molecule has 10 heteroatoms. The van der Waals surface area contributed by atoms with Crippen LogP contribution in [0.2, 0.25) is 0 Å². The van der Waals surface area contributed by atoms with Crippen molar-refractivity contribution in [3.63, 3.8) is 0 Å². The number of amides is 2. The fourth-order valence-corrected chi connectivity index (χ4v) is 5.36. The van der Waals surface area contributed by atoms with Crippen LogP contribution >= 0.6 is 0 Å². The topological polar surface area (TPSA) is 105 Å². The number of rotatable bonds is 14. The summed E-state index contributed by atoms with van der Waals surface area (Å²) in [6.45, 7) is 3.98. The molecular weight excluding hydrogens is 542 g/mol. The summed E-state index contributed by atoms with van der Waals surface area (Å²) in [5, 5.41) is 2.93. The Balaban J connectivity index is 2.06. The normalized spacial score (nSPS) is 11.8. The third kappa shape index (κ3) is 8.72. The Morgan fingerprint density at radius 2 is 1.59 bits per heavy atom. The zero-order chi connectivity index (χ0) is 30.0. The summed E-state index contributed by atoms with van der Waals surface area (Å²) in [7, 11) is -0.971. The minimum absolute atomic E-state index is 0.126. The van der Waals surface area contributed by atoms with E-state index in [2.05, 4.69) is 5.32 Å². The van der Waals surface area contributed by atoms with E-state index >= 15 is 0 Å². The van der Waals surface area contributed by atoms with Crippen LogP contribution in [0.5, 0.6) is 11.5 Å². The maximum absolute atomic E-state index is 14.1. The van der Waals surface area contributed by atoms with Gasteiger partial charge in [0, 0.05) is 25.6 Å². The smallest absolute Gasteiger partial charge is 0.244 e. The highest BCUT2D eigenvalue weighted by Gasteiger charge is 2.33. The number of nitrogens with zero attached hydrogens (tertiary/aromatic N) is 2. The molecule has 0 unspecified atom stereocenters. The van der Waals surface area contributed by atoms with Gasteiger partial charge in [0.1, 0.15) is 12.6 Å². The first-order valence-electron chi connectivity index (χ1n) is 13.4. The number of hydrogen-bond acceptors (Lipinski definition) is 6. The van der Waals surface area contributed by atoms with Gasteiger partial charge in [-0.3, -0.25) is 13.9 Å². The molecule has 0 bridgehead atoms. The first kappa shape index (κ1) is 31.5. The lowest BCUT2D eigenvalue weighted by atomic mass is 10.0. The molecule has 0 aliphatic carbocycles. The molecule has 0 aliphatic heterocycles. The monoisotopic (exact) mass is 581 g/mol. The van der Waals surface area contributed by atoms with Gasteiger partial charge in [-0.2, -0.15) is 0 Å². The summed E-state index contributed by atoms with van der Waals surface area (Å²) < 4.78 is 37.6. The second-order valence-corrected chi connectivity index (χ2v) is 11.7. The van der Waals surface area contributed by atoms with Gasteiger partial charge in [-0.05, 0) is 36.6 Å². The minimum Gasteiger partial charge on any atom is -0.493 e. The Morgan fingerprint density at radius 1 is 0.902 bits per heavy atom. The van der Waals surface area contributed by atoms with Crippen LogP contribution in [0.3, 0.4) is 0 Å². The van der Waals surface area contributed by atoms with E-state index in [1.807, 2.05) is 68.4 Å². The average molecular weight is 582 g/mol. The van der Waals surface area contributed by atoms with Crippen molar-refractivity contribution >= 4 is 27.5 Å². The van der Waals surface area contributed by atoms with Gasteiger partial charge >= 0.3 is 0 Å². The predicted molar refractivity (Wildman–Crippen MR) is 161 cm³/mol. The SMILES string of the molecule is CCCNC(=O)[C@@H](Cc1ccccc1)N(Cc1cccc(C)c1)C(=O)CN(c1ccc(OC)c(OC)c1)S(C)(=O)=O. The summed E-state index contributed by atoms with van der Waals surface area (Å²) in [4.78, 5) is 29.2. The third-order valence-corrected chi connectivity index (χ3v) is 7.73. The number of carbonyl (C=O) groups is 2. The lowest BCUT2D eigenvalue weighted by Gasteiger charge is -2.33. The third-order valence-electron chi connectivity index (χ3n) is 6.59. The number of sulfonamides is 1. The lowest BCUT2D eigenvalue weighted by molar-refractivity contribution is -0.140. The van der Waals surface area contributed by atoms with Crippen molar-refractivity contribution in [1.82, 2.24) is 10.2 Å². The van der Waals surface area contributed by atoms with Gasteiger partial charge in [-0.1, -0.05) is 67.1 Å². The Kier molecular flexibility index (Phi) is 11.2. The number of hydrogen-bond donors (Lipinski definition) is 1. The lowest BCUT2D eigenvalue weighted by Crippen LogP contribution is -2.53. The van der Waals surface area contributed by atoms with Gasteiger partial charge in [-0.15, -0.1) is 0 Å². The molecule has 2 amide bonds. The molecule has 0 saturated heterocycles. The number of anilines is 1. The van der Waals surface area contributed by atoms with Crippen molar-refractivity contribution in [3.05, 3.63) is 89.5 Å². The summed E-state index contributed by atoms with van der Waals surface area (Å²) in [5.74, 6) is -0.0655. The molecule has 220 valence electrons. The number of nitrogens with one attached hydrogen (secondary N) is 1. The Hall–Kier alpha value is -4.05. The molecule has 0 radical (unpaired) electrons. The molecule has 1 atom stereocenters. The van der Waals surface area contributed by atoms with Gasteiger partial charge < -0.3 is 19.7 Å². The number of aryl methyl sites for hydroxylation is 1. The van der Waals surface area contributed by atoms with E-state index in [4.69, 9.17) is 9.47 Å². The van der Waals surface area contributed by atoms with Crippen molar-refractivity contribution in [2.75, 3.05) is 37.9 Å². The molecule has 0 saturated carbocycles. The van der Waals surface area contributed by atoms with Crippen LogP contribution in [-0.2, 0) is 32.6 Å². The Bertz CT molecular complexity index is 1430. The molecule has 0 fully saturated rings. The molecule has 3 aromatic carbocycles. The maximum Gasteiger partial charge on any atom is 0.244 e. The molecule has 3 aromatic rings. The highest BCUT2D eigenvalue weighted by atomic mass is 32.2. The fourth-order valence-electron chi connectivity index (χ4n) is 4.52. The zero-order valence-electron chi connectivity index (χ0n) is 24.3. The van der Waals surface area contributed by atoms with E-state index < -0.39 is 28.5 Å². The second kappa shape index (κ2) is 14.5. The highest BCUT2D eigenvalue weighted by Crippen LogP contribution is 2.32. The van der Waals surface area contributed by atoms with Gasteiger partial charge in [-0.25, -0.2) is 8.42 Å². The minimum atomic E-state index is -3.90. The highest BCUT2D eigenvalue weighted by molar-refractivity contribution is 7.92. The zero-order valence-corrected chi connectivity index (χ0v) is 25.1. The average Bonchev–Trinajstić information content (AvgIpc) is 2.95. The van der Waals surface area contributed by atoms with Crippen LogP contribution in [0.1, 0.15) is 30.0 Å². The van der Waals surface area contributed by atoms with E-state index in [9.17, 15) is 18.0 Å². The fraction of sp³-hybridized carbons (Fsp3) is 0.355. The van der Waals surface area contributed by atoms with Gasteiger partial charge in [0.25, 0.3) is 0 Å². The first-order valence-corrected chi connectivity index (χ1v) is 15.3. The molecule has 0 aromatic heterocycles. The summed E-state index contributed by atoms with van der Waals surface area (Å²) in [6, 6.07) is 20.9.